The first-order valence-corrected chi connectivity index (χ1v) is 14.5. The lowest BCUT2D eigenvalue weighted by Crippen LogP contribution is -2.46. The molecule has 2 aromatic heterocycles. The Labute approximate surface area is 244 Å². The lowest BCUT2D eigenvalue weighted by molar-refractivity contribution is 0.00920. The highest BCUT2D eigenvalue weighted by molar-refractivity contribution is 7.20. The first kappa shape index (κ1) is 28.7. The molecule has 214 valence electrons. The second-order valence-electron chi connectivity index (χ2n) is 10.5. The Morgan fingerprint density at radius 1 is 1.15 bits per heavy atom. The Kier molecular flexibility index (Phi) is 8.92. The molecule has 0 spiro atoms. The van der Waals surface area contributed by atoms with Gasteiger partial charge in [0.1, 0.15) is 12.4 Å². The Hall–Kier alpha value is -3.86. The van der Waals surface area contributed by atoms with Crippen molar-refractivity contribution >= 4 is 39.1 Å². The average Bonchev–Trinajstić information content (AvgIpc) is 3.43. The number of hydrogen-bond acceptors (Lipinski definition) is 8. The standard InChI is InChI=1S/C31H35N5O4S/c1-20-16-36(17-22-8-7-13-32-15-22)21(2)19-40-26-12-11-23(14-24(26)31(38)35(3)18-27(20)39-4)33-29(37)30-34-25-9-5-6-10-28(25)41-30/h5-15,20-21,27H,16-19H2,1-4H3,(H,33,37)/t20-,21+,27+/m1/s1. The number of nitrogens with zero attached hydrogens (tertiary/aromatic N) is 4. The summed E-state index contributed by atoms with van der Waals surface area (Å²) in [7, 11) is 3.45. The van der Waals surface area contributed by atoms with Crippen molar-refractivity contribution in [3.63, 3.8) is 0 Å². The Morgan fingerprint density at radius 3 is 2.73 bits per heavy atom. The maximum absolute atomic E-state index is 13.7. The van der Waals surface area contributed by atoms with Crippen molar-refractivity contribution in [2.24, 2.45) is 5.92 Å². The number of fused-ring (bicyclic) bond motifs is 2. The van der Waals surface area contributed by atoms with Gasteiger partial charge in [0.2, 0.25) is 0 Å². The summed E-state index contributed by atoms with van der Waals surface area (Å²) in [6, 6.07) is 16.9. The van der Waals surface area contributed by atoms with E-state index in [1.54, 1.807) is 43.5 Å². The number of thiazole rings is 1. The summed E-state index contributed by atoms with van der Waals surface area (Å²) in [6.07, 6.45) is 3.49. The molecule has 1 aliphatic rings. The van der Waals surface area contributed by atoms with Crippen LogP contribution in [0.25, 0.3) is 10.2 Å². The summed E-state index contributed by atoms with van der Waals surface area (Å²) in [4.78, 5) is 39.5. The fourth-order valence-electron chi connectivity index (χ4n) is 5.03. The fraction of sp³-hybridized carbons (Fsp3) is 0.355. The van der Waals surface area contributed by atoms with Gasteiger partial charge in [-0.25, -0.2) is 4.98 Å². The molecule has 0 aliphatic carbocycles. The number of anilines is 1. The predicted molar refractivity (Wildman–Crippen MR) is 161 cm³/mol. The largest absolute Gasteiger partial charge is 0.491 e. The van der Waals surface area contributed by atoms with Crippen LogP contribution >= 0.6 is 11.3 Å². The van der Waals surface area contributed by atoms with E-state index in [0.29, 0.717) is 35.2 Å². The van der Waals surface area contributed by atoms with Gasteiger partial charge in [-0.3, -0.25) is 19.5 Å². The third kappa shape index (κ3) is 6.73. The van der Waals surface area contributed by atoms with E-state index in [1.165, 1.54) is 11.3 Å². The van der Waals surface area contributed by atoms with Crippen LogP contribution in [-0.4, -0.2) is 77.6 Å². The molecule has 9 nitrogen and oxygen atoms in total. The first-order valence-electron chi connectivity index (χ1n) is 13.7. The van der Waals surface area contributed by atoms with E-state index in [0.717, 1.165) is 28.9 Å². The highest BCUT2D eigenvalue weighted by Crippen LogP contribution is 2.28. The van der Waals surface area contributed by atoms with Gasteiger partial charge in [0.05, 0.1) is 21.9 Å². The van der Waals surface area contributed by atoms with Crippen molar-refractivity contribution in [3.8, 4) is 5.75 Å². The van der Waals surface area contributed by atoms with Crippen molar-refractivity contribution in [1.29, 1.82) is 0 Å². The van der Waals surface area contributed by atoms with E-state index in [9.17, 15) is 9.59 Å². The molecule has 10 heteroatoms. The van der Waals surface area contributed by atoms with E-state index >= 15 is 0 Å². The summed E-state index contributed by atoms with van der Waals surface area (Å²) in [6.45, 7) is 6.54. The number of ether oxygens (including phenoxy) is 2. The molecule has 0 fully saturated rings. The summed E-state index contributed by atoms with van der Waals surface area (Å²) in [5, 5.41) is 3.26. The molecule has 0 bridgehead atoms. The van der Waals surface area contributed by atoms with Gasteiger partial charge in [-0.05, 0) is 54.8 Å². The van der Waals surface area contributed by atoms with Gasteiger partial charge >= 0.3 is 0 Å². The highest BCUT2D eigenvalue weighted by Gasteiger charge is 2.29. The molecule has 0 saturated heterocycles. The van der Waals surface area contributed by atoms with E-state index in [4.69, 9.17) is 9.47 Å². The monoisotopic (exact) mass is 573 g/mol. The van der Waals surface area contributed by atoms with Crippen LogP contribution in [-0.2, 0) is 11.3 Å². The van der Waals surface area contributed by atoms with Gasteiger partial charge in [-0.15, -0.1) is 11.3 Å². The number of aromatic nitrogens is 2. The Balaban J connectivity index is 1.41. The smallest absolute Gasteiger partial charge is 0.284 e. The molecule has 2 amide bonds. The van der Waals surface area contributed by atoms with E-state index in [1.807, 2.05) is 36.5 Å². The van der Waals surface area contributed by atoms with Gasteiger partial charge in [-0.2, -0.15) is 0 Å². The van der Waals surface area contributed by atoms with Crippen molar-refractivity contribution in [1.82, 2.24) is 19.8 Å². The van der Waals surface area contributed by atoms with E-state index in [2.05, 4.69) is 40.1 Å². The average molecular weight is 574 g/mol. The van der Waals surface area contributed by atoms with Crippen LogP contribution in [0.3, 0.4) is 0 Å². The first-order chi connectivity index (χ1) is 19.8. The number of amides is 2. The lowest BCUT2D eigenvalue weighted by Gasteiger charge is -2.36. The molecular weight excluding hydrogens is 538 g/mol. The van der Waals surface area contributed by atoms with Crippen molar-refractivity contribution in [2.45, 2.75) is 32.5 Å². The normalized spacial score (nSPS) is 20.5. The molecule has 2 aromatic carbocycles. The number of nitrogens with one attached hydrogen (secondary N) is 1. The van der Waals surface area contributed by atoms with E-state index < -0.39 is 0 Å². The molecule has 41 heavy (non-hydrogen) atoms. The number of para-hydroxylation sites is 1. The van der Waals surface area contributed by atoms with Gasteiger partial charge in [0.25, 0.3) is 11.8 Å². The van der Waals surface area contributed by atoms with E-state index in [-0.39, 0.29) is 29.9 Å². The Bertz CT molecular complexity index is 1480. The maximum Gasteiger partial charge on any atom is 0.284 e. The third-order valence-corrected chi connectivity index (χ3v) is 8.46. The second kappa shape index (κ2) is 12.8. The second-order valence-corrected chi connectivity index (χ2v) is 11.6. The molecule has 0 radical (unpaired) electrons. The van der Waals surface area contributed by atoms with Crippen LogP contribution < -0.4 is 10.1 Å². The topological polar surface area (TPSA) is 96.9 Å². The predicted octanol–water partition coefficient (Wildman–Crippen LogP) is 4.95. The molecular formula is C31H35N5O4S. The molecule has 3 heterocycles. The SMILES string of the molecule is CO[C@H]1CN(C)C(=O)c2cc(NC(=O)c3nc4ccccc4s3)ccc2OC[C@H](C)N(Cc2cccnc2)C[C@H]1C. The molecule has 1 aliphatic heterocycles. The van der Waals surface area contributed by atoms with Crippen molar-refractivity contribution in [2.75, 3.05) is 39.2 Å². The van der Waals surface area contributed by atoms with Gasteiger partial charge < -0.3 is 19.7 Å². The minimum atomic E-state index is -0.325. The zero-order chi connectivity index (χ0) is 28.9. The summed E-state index contributed by atoms with van der Waals surface area (Å²) >= 11 is 1.33. The zero-order valence-corrected chi connectivity index (χ0v) is 24.6. The lowest BCUT2D eigenvalue weighted by atomic mass is 10.0. The summed E-state index contributed by atoms with van der Waals surface area (Å²) < 4.78 is 13.1. The molecule has 5 rings (SSSR count). The number of likely N-dealkylation sites (N-methyl/N-ethyl adjacent to an activating group) is 1. The molecule has 0 saturated carbocycles. The van der Waals surface area contributed by atoms with Crippen molar-refractivity contribution in [3.05, 3.63) is 83.1 Å². The van der Waals surface area contributed by atoms with Crippen LogP contribution in [0, 0.1) is 5.92 Å². The molecule has 3 atom stereocenters. The van der Waals surface area contributed by atoms with Crippen LogP contribution in [0.15, 0.2) is 67.0 Å². The minimum Gasteiger partial charge on any atom is -0.491 e. The van der Waals surface area contributed by atoms with Crippen LogP contribution in [0.1, 0.15) is 39.6 Å². The quantitative estimate of drug-likeness (QED) is 0.361. The molecule has 1 N–H and O–H groups in total. The fourth-order valence-corrected chi connectivity index (χ4v) is 5.89. The number of benzene rings is 2. The third-order valence-electron chi connectivity index (χ3n) is 7.43. The number of methoxy groups -OCH3 is 1. The number of rotatable bonds is 5. The number of hydrogen-bond donors (Lipinski definition) is 1. The summed E-state index contributed by atoms with van der Waals surface area (Å²) in [5.74, 6) is 0.0862. The molecule has 4 aromatic rings. The number of carbonyl (C=O) groups excluding carboxylic acids is 2. The van der Waals surface area contributed by atoms with Crippen molar-refractivity contribution < 1.29 is 19.1 Å². The van der Waals surface area contributed by atoms with Crippen LogP contribution in [0.5, 0.6) is 5.75 Å². The molecule has 0 unspecified atom stereocenters. The van der Waals surface area contributed by atoms with Gasteiger partial charge in [-0.1, -0.05) is 25.1 Å². The number of carbonyl (C=O) groups is 2. The Morgan fingerprint density at radius 2 is 1.98 bits per heavy atom. The maximum atomic E-state index is 13.7. The van der Waals surface area contributed by atoms with Crippen LogP contribution in [0.2, 0.25) is 0 Å². The van der Waals surface area contributed by atoms with Gasteiger partial charge in [0.15, 0.2) is 5.01 Å². The van der Waals surface area contributed by atoms with Crippen LogP contribution in [0.4, 0.5) is 5.69 Å². The zero-order valence-electron chi connectivity index (χ0n) is 23.7. The summed E-state index contributed by atoms with van der Waals surface area (Å²) in [5.41, 5.74) is 2.77. The number of pyridine rings is 1. The minimum absolute atomic E-state index is 0.0497. The highest BCUT2D eigenvalue weighted by atomic mass is 32.1. The van der Waals surface area contributed by atoms with Gasteiger partial charge in [0, 0.05) is 57.9 Å².